The molecule has 3 aliphatic rings. The second-order valence-corrected chi connectivity index (χ2v) is 12.8. The fourth-order valence-corrected chi connectivity index (χ4v) is 7.63. The number of nitrogens with two attached hydrogens (primary N) is 2. The average molecular weight is 647 g/mol. The Hall–Kier alpha value is -5.38. The number of nitrogens with one attached hydrogen (secondary N) is 2. The average Bonchev–Trinajstić information content (AvgIpc) is 3.46. The quantitative estimate of drug-likeness (QED) is 0.273. The van der Waals surface area contributed by atoms with Gasteiger partial charge in [0.05, 0.1) is 12.1 Å². The Morgan fingerprint density at radius 3 is 1.62 bits per heavy atom. The lowest BCUT2D eigenvalue weighted by Crippen LogP contribution is -2.63. The molecule has 2 heterocycles. The van der Waals surface area contributed by atoms with Gasteiger partial charge in [-0.2, -0.15) is 0 Å². The van der Waals surface area contributed by atoms with Crippen LogP contribution in [0.15, 0.2) is 78.9 Å². The van der Waals surface area contributed by atoms with Crippen LogP contribution in [-0.4, -0.2) is 47.3 Å². The first kappa shape index (κ1) is 32.6. The first-order chi connectivity index (χ1) is 23.1. The number of benzene rings is 3. The molecule has 6 rings (SSSR count). The third-order valence-corrected chi connectivity index (χ3v) is 10.1. The summed E-state index contributed by atoms with van der Waals surface area (Å²) in [6, 6.07) is 18.5. The molecule has 2 saturated heterocycles. The van der Waals surface area contributed by atoms with Crippen LogP contribution >= 0.6 is 0 Å². The molecule has 48 heavy (non-hydrogen) atoms. The summed E-state index contributed by atoms with van der Waals surface area (Å²) in [6.45, 7) is 0. The van der Waals surface area contributed by atoms with E-state index >= 15 is 0 Å². The summed E-state index contributed by atoms with van der Waals surface area (Å²) < 4.78 is 0. The molecule has 2 fully saturated rings. The van der Waals surface area contributed by atoms with Crippen molar-refractivity contribution in [3.63, 3.8) is 0 Å². The maximum absolute atomic E-state index is 14.1. The fraction of sp³-hybridized carbons (Fsp3) is 0.316. The zero-order valence-electron chi connectivity index (χ0n) is 26.5. The Balaban J connectivity index is 1.46. The monoisotopic (exact) mass is 646 g/mol. The lowest BCUT2D eigenvalue weighted by Gasteiger charge is -2.48. The molecule has 10 heteroatoms. The van der Waals surface area contributed by atoms with Crippen molar-refractivity contribution in [3.8, 4) is 0 Å². The number of primary amides is 2. The molecule has 3 aromatic carbocycles. The minimum Gasteiger partial charge on any atom is -0.369 e. The second-order valence-electron chi connectivity index (χ2n) is 12.8. The van der Waals surface area contributed by atoms with Crippen LogP contribution < -0.4 is 22.1 Å². The number of fused-ring (bicyclic) bond motifs is 1. The highest BCUT2D eigenvalue weighted by atomic mass is 16.2. The smallest absolute Gasteiger partial charge is 0.234 e. The summed E-state index contributed by atoms with van der Waals surface area (Å²) in [6.07, 6.45) is 8.01. The third-order valence-electron chi connectivity index (χ3n) is 10.1. The molecule has 246 valence electrons. The number of rotatable bonds is 8. The zero-order valence-corrected chi connectivity index (χ0v) is 26.5. The molecule has 6 N–H and O–H groups in total. The molecule has 4 amide bonds. The van der Waals surface area contributed by atoms with Gasteiger partial charge in [-0.25, -0.2) is 0 Å². The number of amides is 4. The first-order valence-corrected chi connectivity index (χ1v) is 16.4. The predicted molar refractivity (Wildman–Crippen MR) is 179 cm³/mol. The van der Waals surface area contributed by atoms with Crippen LogP contribution in [0.4, 0.5) is 0 Å². The van der Waals surface area contributed by atoms with Crippen LogP contribution in [0.3, 0.4) is 0 Å². The molecule has 1 aliphatic carbocycles. The van der Waals surface area contributed by atoms with Crippen molar-refractivity contribution in [1.82, 2.24) is 10.6 Å². The van der Waals surface area contributed by atoms with Crippen molar-refractivity contribution in [2.24, 2.45) is 11.5 Å². The lowest BCUT2D eigenvalue weighted by atomic mass is 9.50. The normalized spacial score (nSPS) is 25.4. The van der Waals surface area contributed by atoms with Crippen molar-refractivity contribution in [3.05, 3.63) is 112 Å². The summed E-state index contributed by atoms with van der Waals surface area (Å²) >= 11 is 0. The van der Waals surface area contributed by atoms with Crippen LogP contribution in [0, 0.1) is 0 Å². The van der Waals surface area contributed by atoms with E-state index in [1.54, 1.807) is 72.8 Å². The molecule has 4 atom stereocenters. The largest absolute Gasteiger partial charge is 0.369 e. The number of Topliss-reactive ketones (excluding diaryl/α,β-unsaturated/α-hetero) is 2. The van der Waals surface area contributed by atoms with Gasteiger partial charge in [0.2, 0.25) is 23.6 Å². The van der Waals surface area contributed by atoms with E-state index in [4.69, 9.17) is 11.5 Å². The van der Waals surface area contributed by atoms with E-state index in [0.717, 1.165) is 12.8 Å². The van der Waals surface area contributed by atoms with Crippen LogP contribution in [0.25, 0.3) is 6.08 Å². The summed E-state index contributed by atoms with van der Waals surface area (Å²) in [4.78, 5) is 79.2. The van der Waals surface area contributed by atoms with Gasteiger partial charge >= 0.3 is 0 Å². The van der Waals surface area contributed by atoms with Crippen molar-refractivity contribution < 1.29 is 28.8 Å². The Bertz CT molecular complexity index is 1830. The second kappa shape index (κ2) is 13.0. The van der Waals surface area contributed by atoms with Gasteiger partial charge < -0.3 is 22.1 Å². The molecule has 4 unspecified atom stereocenters. The van der Waals surface area contributed by atoms with Gasteiger partial charge in [0, 0.05) is 24.0 Å². The van der Waals surface area contributed by atoms with Crippen molar-refractivity contribution in [2.75, 3.05) is 0 Å². The van der Waals surface area contributed by atoms with Crippen LogP contribution in [0.1, 0.15) is 94.3 Å². The van der Waals surface area contributed by atoms with Crippen LogP contribution in [0.5, 0.6) is 0 Å². The number of ketones is 2. The molecule has 0 bridgehead atoms. The van der Waals surface area contributed by atoms with Crippen molar-refractivity contribution >= 4 is 41.3 Å². The van der Waals surface area contributed by atoms with E-state index in [0.29, 0.717) is 71.9 Å². The molecule has 3 aromatic rings. The summed E-state index contributed by atoms with van der Waals surface area (Å²) in [5.74, 6) is -2.52. The summed E-state index contributed by atoms with van der Waals surface area (Å²) in [7, 11) is 0. The topological polar surface area (TPSA) is 179 Å². The molecule has 0 saturated carbocycles. The Kier molecular flexibility index (Phi) is 8.83. The number of hydrogen-bond donors (Lipinski definition) is 4. The molecule has 0 spiro atoms. The minimum atomic E-state index is -1.86. The van der Waals surface area contributed by atoms with Gasteiger partial charge in [-0.3, -0.25) is 28.8 Å². The zero-order chi connectivity index (χ0) is 34.1. The Morgan fingerprint density at radius 2 is 1.12 bits per heavy atom. The van der Waals surface area contributed by atoms with Gasteiger partial charge in [0.15, 0.2) is 11.6 Å². The maximum Gasteiger partial charge on any atom is 0.234 e. The van der Waals surface area contributed by atoms with Gasteiger partial charge in [-0.05, 0) is 47.9 Å². The predicted octanol–water partition coefficient (Wildman–Crippen LogP) is 3.39. The highest BCUT2D eigenvalue weighted by Crippen LogP contribution is 2.54. The van der Waals surface area contributed by atoms with Crippen LogP contribution in [-0.2, 0) is 30.0 Å². The number of hydrogen-bond acceptors (Lipinski definition) is 6. The molecule has 10 nitrogen and oxygen atoms in total. The summed E-state index contributed by atoms with van der Waals surface area (Å²) in [5, 5.41) is 5.60. The number of carbonyl (C=O) groups excluding carboxylic acids is 6. The number of carbonyl (C=O) groups is 6. The lowest BCUT2D eigenvalue weighted by molar-refractivity contribution is -0.132. The highest BCUT2D eigenvalue weighted by molar-refractivity contribution is 6.08. The third kappa shape index (κ3) is 5.40. The van der Waals surface area contributed by atoms with Crippen molar-refractivity contribution in [1.29, 1.82) is 0 Å². The molecule has 2 aliphatic heterocycles. The molecule has 0 radical (unpaired) electrons. The van der Waals surface area contributed by atoms with Gasteiger partial charge in [0.1, 0.15) is 10.8 Å². The van der Waals surface area contributed by atoms with Crippen LogP contribution in [0.2, 0.25) is 0 Å². The minimum absolute atomic E-state index is 0.167. The van der Waals surface area contributed by atoms with E-state index in [9.17, 15) is 28.8 Å². The SMILES string of the molecule is NC(=O)C1(c2ccc(C(=O)C3CCCCC(=O)N3)cc2)C=Cc2ccccc2C1(C(N)=O)c1ccc(C(=O)C2CCCCC(=O)N2)cc1. The molecule has 0 aromatic heterocycles. The Labute approximate surface area is 278 Å². The first-order valence-electron chi connectivity index (χ1n) is 16.4. The standard InChI is InChI=1S/C38H38N4O6/c39-35(47)37(26-17-13-24(14-18-26)33(45)29-9-3-5-11-31(43)41-29)22-21-23-7-1-2-8-28(23)38(37,36(40)48)27-19-15-25(16-20-27)34(46)30-10-4-6-12-32(44)42-30/h1-2,7-8,13-22,29-30H,3-6,9-12H2,(H2,39,47)(H2,40,48)(H,41,43)(H,42,44). The van der Waals surface area contributed by atoms with Gasteiger partial charge in [-0.15, -0.1) is 0 Å². The highest BCUT2D eigenvalue weighted by Gasteiger charge is 2.63. The van der Waals surface area contributed by atoms with Gasteiger partial charge in [-0.1, -0.05) is 97.8 Å². The maximum atomic E-state index is 14.1. The fourth-order valence-electron chi connectivity index (χ4n) is 7.63. The van der Waals surface area contributed by atoms with E-state index in [1.165, 1.54) is 0 Å². The van der Waals surface area contributed by atoms with Crippen molar-refractivity contribution in [2.45, 2.75) is 74.3 Å². The molecular weight excluding hydrogens is 608 g/mol. The van der Waals surface area contributed by atoms with Gasteiger partial charge in [0.25, 0.3) is 0 Å². The van der Waals surface area contributed by atoms with E-state index < -0.39 is 34.7 Å². The van der Waals surface area contributed by atoms with E-state index in [2.05, 4.69) is 10.6 Å². The van der Waals surface area contributed by atoms with E-state index in [-0.39, 0.29) is 23.4 Å². The Morgan fingerprint density at radius 1 is 0.625 bits per heavy atom. The summed E-state index contributed by atoms with van der Waals surface area (Å²) in [5.41, 5.74) is 11.4. The molecular formula is C38H38N4O6. The van der Waals surface area contributed by atoms with E-state index in [1.807, 2.05) is 12.1 Å².